The number of rotatable bonds is 5. The maximum Gasteiger partial charge on any atom is 0.348 e. The summed E-state index contributed by atoms with van der Waals surface area (Å²) in [5, 5.41) is 0. The molecular formula is C16H21NO5S2. The van der Waals surface area contributed by atoms with Gasteiger partial charge >= 0.3 is 11.9 Å². The number of thiophene rings is 1. The molecule has 2 unspecified atom stereocenters. The number of hydrogen-bond donors (Lipinski definition) is 0. The van der Waals surface area contributed by atoms with E-state index in [0.29, 0.717) is 29.7 Å². The maximum absolute atomic E-state index is 12.6. The van der Waals surface area contributed by atoms with E-state index in [0.717, 1.165) is 4.88 Å². The van der Waals surface area contributed by atoms with Gasteiger partial charge in [-0.15, -0.1) is 23.1 Å². The molecule has 2 heterocycles. The highest BCUT2D eigenvalue weighted by molar-refractivity contribution is 8.02. The minimum Gasteiger partial charge on any atom is -0.483 e. The third-order valence-corrected chi connectivity index (χ3v) is 6.60. The van der Waals surface area contributed by atoms with Crippen molar-refractivity contribution in [1.82, 2.24) is 0 Å². The van der Waals surface area contributed by atoms with Gasteiger partial charge < -0.3 is 14.2 Å². The largest absolute Gasteiger partial charge is 0.483 e. The molecule has 0 bridgehead atoms. The second-order valence-corrected chi connectivity index (χ2v) is 7.57. The average molecular weight is 371 g/mol. The fourth-order valence-electron chi connectivity index (χ4n) is 2.63. The average Bonchev–Trinajstić information content (AvgIpc) is 3.10. The molecule has 0 spiro atoms. The van der Waals surface area contributed by atoms with Gasteiger partial charge in [0.15, 0.2) is 4.75 Å². The van der Waals surface area contributed by atoms with Gasteiger partial charge in [0.25, 0.3) is 0 Å². The monoisotopic (exact) mass is 371 g/mol. The number of carbonyl (C=O) groups excluding carboxylic acids is 2. The number of ether oxygens (including phenoxy) is 3. The minimum absolute atomic E-state index is 0.262. The summed E-state index contributed by atoms with van der Waals surface area (Å²) in [4.78, 5) is 30.3. The van der Waals surface area contributed by atoms with Gasteiger partial charge in [0.05, 0.1) is 27.4 Å². The summed E-state index contributed by atoms with van der Waals surface area (Å²) in [6.07, 6.45) is 0. The Kier molecular flexibility index (Phi) is 6.28. The molecule has 0 fully saturated rings. The predicted octanol–water partition coefficient (Wildman–Crippen LogP) is 2.73. The lowest BCUT2D eigenvalue weighted by Crippen LogP contribution is -2.51. The Morgan fingerprint density at radius 2 is 2.12 bits per heavy atom. The first-order valence-corrected chi connectivity index (χ1v) is 9.39. The van der Waals surface area contributed by atoms with Crippen molar-refractivity contribution in [3.8, 4) is 0 Å². The van der Waals surface area contributed by atoms with Crippen molar-refractivity contribution in [2.24, 2.45) is 4.99 Å². The van der Waals surface area contributed by atoms with Crippen LogP contribution in [0.25, 0.3) is 0 Å². The third kappa shape index (κ3) is 3.30. The first kappa shape index (κ1) is 18.8. The van der Waals surface area contributed by atoms with Crippen molar-refractivity contribution in [2.45, 2.75) is 24.5 Å². The second-order valence-electron chi connectivity index (χ2n) is 5.11. The molecule has 0 saturated carbocycles. The summed E-state index contributed by atoms with van der Waals surface area (Å²) in [5.41, 5.74) is 0. The summed E-state index contributed by atoms with van der Waals surface area (Å²) in [6, 6.07) is 3.56. The molecule has 24 heavy (non-hydrogen) atoms. The number of aliphatic imine (C=N–C) groups is 1. The zero-order valence-electron chi connectivity index (χ0n) is 14.2. The molecule has 8 heteroatoms. The Morgan fingerprint density at radius 3 is 2.75 bits per heavy atom. The summed E-state index contributed by atoms with van der Waals surface area (Å²) >= 11 is 2.78. The quantitative estimate of drug-likeness (QED) is 0.741. The van der Waals surface area contributed by atoms with Crippen molar-refractivity contribution >= 4 is 40.9 Å². The number of nitrogens with zero attached hydrogens (tertiary/aromatic N) is 1. The predicted molar refractivity (Wildman–Crippen MR) is 95.2 cm³/mol. The number of esters is 2. The maximum atomic E-state index is 12.6. The topological polar surface area (TPSA) is 74.2 Å². The Labute approximate surface area is 149 Å². The van der Waals surface area contributed by atoms with Crippen LogP contribution in [0.1, 0.15) is 34.3 Å². The highest BCUT2D eigenvalue weighted by atomic mass is 32.2. The van der Waals surface area contributed by atoms with E-state index in [1.165, 1.54) is 37.3 Å². The van der Waals surface area contributed by atoms with Crippen molar-refractivity contribution < 1.29 is 23.8 Å². The van der Waals surface area contributed by atoms with E-state index in [2.05, 4.69) is 4.99 Å². The van der Waals surface area contributed by atoms with Gasteiger partial charge in [0, 0.05) is 16.5 Å². The molecule has 0 saturated heterocycles. The fourth-order valence-corrected chi connectivity index (χ4v) is 5.08. The molecule has 1 aliphatic rings. The summed E-state index contributed by atoms with van der Waals surface area (Å²) in [7, 11) is 2.87. The molecule has 1 aromatic rings. The Balaban J connectivity index is 2.41. The Morgan fingerprint density at radius 1 is 1.38 bits per heavy atom. The van der Waals surface area contributed by atoms with Crippen LogP contribution in [0.3, 0.4) is 0 Å². The molecule has 0 radical (unpaired) electrons. The molecule has 0 N–H and O–H groups in total. The standard InChI is InChI=1S/C16H21NO5S2/c1-5-22-13(18)12-7-6-11(24-12)10(2)16(15(19)21-4)14(20-3)17-8-9-23-16/h6-7,10H,5,8-9H2,1-4H3. The highest BCUT2D eigenvalue weighted by Crippen LogP contribution is 2.45. The first-order valence-electron chi connectivity index (χ1n) is 7.59. The van der Waals surface area contributed by atoms with Gasteiger partial charge in [-0.25, -0.2) is 9.59 Å². The van der Waals surface area contributed by atoms with Crippen LogP contribution in [0.15, 0.2) is 17.1 Å². The summed E-state index contributed by atoms with van der Waals surface area (Å²) in [6.45, 7) is 4.60. The van der Waals surface area contributed by atoms with E-state index in [4.69, 9.17) is 14.2 Å². The fraction of sp³-hybridized carbons (Fsp3) is 0.562. The summed E-state index contributed by atoms with van der Waals surface area (Å²) in [5.74, 6) is 0.0466. The van der Waals surface area contributed by atoms with Gasteiger partial charge in [0.1, 0.15) is 4.88 Å². The van der Waals surface area contributed by atoms with Crippen LogP contribution >= 0.6 is 23.1 Å². The van der Waals surface area contributed by atoms with Gasteiger partial charge in [-0.2, -0.15) is 0 Å². The normalized spacial score (nSPS) is 21.6. The lowest BCUT2D eigenvalue weighted by molar-refractivity contribution is -0.142. The molecule has 0 aliphatic carbocycles. The van der Waals surface area contributed by atoms with Crippen molar-refractivity contribution in [3.63, 3.8) is 0 Å². The van der Waals surface area contributed by atoms with Crippen LogP contribution < -0.4 is 0 Å². The van der Waals surface area contributed by atoms with E-state index < -0.39 is 10.7 Å². The van der Waals surface area contributed by atoms with Crippen LogP contribution in [0, 0.1) is 0 Å². The third-order valence-electron chi connectivity index (χ3n) is 3.82. The second kappa shape index (κ2) is 8.02. The van der Waals surface area contributed by atoms with E-state index in [-0.39, 0.29) is 11.9 Å². The van der Waals surface area contributed by atoms with Crippen LogP contribution in [0.2, 0.25) is 0 Å². The molecule has 1 aliphatic heterocycles. The minimum atomic E-state index is -1.04. The lowest BCUT2D eigenvalue weighted by Gasteiger charge is -2.37. The van der Waals surface area contributed by atoms with E-state index >= 15 is 0 Å². The van der Waals surface area contributed by atoms with Gasteiger partial charge in [-0.3, -0.25) is 4.99 Å². The van der Waals surface area contributed by atoms with Crippen molar-refractivity contribution in [2.75, 3.05) is 33.1 Å². The lowest BCUT2D eigenvalue weighted by atomic mass is 9.90. The van der Waals surface area contributed by atoms with Gasteiger partial charge in [-0.1, -0.05) is 6.92 Å². The Bertz CT molecular complexity index is 642. The van der Waals surface area contributed by atoms with E-state index in [1.807, 2.05) is 13.0 Å². The van der Waals surface area contributed by atoms with Gasteiger partial charge in [0.2, 0.25) is 5.90 Å². The number of hydrogen-bond acceptors (Lipinski definition) is 8. The molecule has 2 rings (SSSR count). The number of carbonyl (C=O) groups is 2. The smallest absolute Gasteiger partial charge is 0.348 e. The molecule has 132 valence electrons. The first-order chi connectivity index (χ1) is 11.5. The molecule has 1 aromatic heterocycles. The van der Waals surface area contributed by atoms with E-state index in [9.17, 15) is 9.59 Å². The number of thioether (sulfide) groups is 1. The zero-order chi connectivity index (χ0) is 17.7. The number of methoxy groups -OCH3 is 2. The van der Waals surface area contributed by atoms with Crippen LogP contribution in [0.5, 0.6) is 0 Å². The van der Waals surface area contributed by atoms with Crippen LogP contribution in [-0.4, -0.2) is 55.7 Å². The van der Waals surface area contributed by atoms with Gasteiger partial charge in [-0.05, 0) is 19.1 Å². The van der Waals surface area contributed by atoms with Crippen molar-refractivity contribution in [3.05, 3.63) is 21.9 Å². The molecule has 2 atom stereocenters. The van der Waals surface area contributed by atoms with Crippen LogP contribution in [-0.2, 0) is 19.0 Å². The SMILES string of the molecule is CCOC(=O)c1ccc(C(C)C2(C(=O)OC)SCCN=C2OC)s1. The summed E-state index contributed by atoms with van der Waals surface area (Å²) < 4.78 is 14.4. The Hall–Kier alpha value is -1.54. The molecule has 6 nitrogen and oxygen atoms in total. The highest BCUT2D eigenvalue weighted by Gasteiger charge is 2.53. The van der Waals surface area contributed by atoms with Crippen molar-refractivity contribution in [1.29, 1.82) is 0 Å². The molecule has 0 amide bonds. The van der Waals surface area contributed by atoms with Crippen LogP contribution in [0.4, 0.5) is 0 Å². The van der Waals surface area contributed by atoms with E-state index in [1.54, 1.807) is 13.0 Å². The molecular weight excluding hydrogens is 350 g/mol. The molecule has 0 aromatic carbocycles. The zero-order valence-corrected chi connectivity index (χ0v) is 15.8.